The van der Waals surface area contributed by atoms with E-state index in [-0.39, 0.29) is 11.9 Å². The minimum absolute atomic E-state index is 0.271. The molecule has 0 aliphatic carbocycles. The van der Waals surface area contributed by atoms with Gasteiger partial charge in [-0.3, -0.25) is 0 Å². The summed E-state index contributed by atoms with van der Waals surface area (Å²) in [6.45, 7) is 3.87. The maximum Gasteiger partial charge on any atom is 0.126 e. The van der Waals surface area contributed by atoms with Crippen molar-refractivity contribution < 1.29 is 9.13 Å². The van der Waals surface area contributed by atoms with Crippen LogP contribution in [0.3, 0.4) is 0 Å². The number of hydrogen-bond donors (Lipinski definition) is 1. The van der Waals surface area contributed by atoms with Gasteiger partial charge in [-0.2, -0.15) is 0 Å². The zero-order valence-electron chi connectivity index (χ0n) is 11.5. The largest absolute Gasteiger partial charge is 0.489 e. The van der Waals surface area contributed by atoms with Crippen LogP contribution in [0.1, 0.15) is 29.7 Å². The first-order valence-electron chi connectivity index (χ1n) is 6.40. The van der Waals surface area contributed by atoms with Crippen molar-refractivity contribution >= 4 is 11.6 Å². The predicted molar refractivity (Wildman–Crippen MR) is 79.5 cm³/mol. The molecule has 106 valence electrons. The minimum atomic E-state index is -0.292. The molecule has 2 nitrogen and oxygen atoms in total. The van der Waals surface area contributed by atoms with Gasteiger partial charge in [-0.15, -0.1) is 0 Å². The van der Waals surface area contributed by atoms with Crippen LogP contribution in [0.5, 0.6) is 5.75 Å². The SMILES string of the molecule is Cc1cc(OCc2cccc(Cl)c2)c([C@@H](C)N)cc1F. The number of ether oxygens (including phenoxy) is 1. The van der Waals surface area contributed by atoms with Gasteiger partial charge in [0.15, 0.2) is 0 Å². The predicted octanol–water partition coefficient (Wildman–Crippen LogP) is 4.39. The first kappa shape index (κ1) is 14.8. The van der Waals surface area contributed by atoms with Crippen molar-refractivity contribution in [3.8, 4) is 5.75 Å². The minimum Gasteiger partial charge on any atom is -0.489 e. The van der Waals surface area contributed by atoms with Crippen LogP contribution in [0.15, 0.2) is 36.4 Å². The van der Waals surface area contributed by atoms with E-state index in [1.165, 1.54) is 6.07 Å². The summed E-state index contributed by atoms with van der Waals surface area (Å²) in [5.41, 5.74) is 8.01. The number of aryl methyl sites for hydroxylation is 1. The number of rotatable bonds is 4. The van der Waals surface area contributed by atoms with Gasteiger partial charge in [0, 0.05) is 16.6 Å². The third-order valence-corrected chi connectivity index (χ3v) is 3.30. The fourth-order valence-corrected chi connectivity index (χ4v) is 2.15. The van der Waals surface area contributed by atoms with E-state index in [0.717, 1.165) is 5.56 Å². The van der Waals surface area contributed by atoms with Gasteiger partial charge in [-0.25, -0.2) is 4.39 Å². The molecule has 2 aromatic rings. The normalized spacial score (nSPS) is 12.2. The van der Waals surface area contributed by atoms with Gasteiger partial charge >= 0.3 is 0 Å². The zero-order valence-corrected chi connectivity index (χ0v) is 12.2. The molecule has 0 aliphatic heterocycles. The smallest absolute Gasteiger partial charge is 0.126 e. The Morgan fingerprint density at radius 2 is 2.05 bits per heavy atom. The van der Waals surface area contributed by atoms with E-state index in [1.54, 1.807) is 26.0 Å². The van der Waals surface area contributed by atoms with Crippen molar-refractivity contribution in [2.45, 2.75) is 26.5 Å². The average molecular weight is 294 g/mol. The molecule has 4 heteroatoms. The van der Waals surface area contributed by atoms with Crippen LogP contribution in [-0.4, -0.2) is 0 Å². The Kier molecular flexibility index (Phi) is 4.63. The van der Waals surface area contributed by atoms with Gasteiger partial charge < -0.3 is 10.5 Å². The lowest BCUT2D eigenvalue weighted by atomic mass is 10.1. The maximum absolute atomic E-state index is 13.6. The number of benzene rings is 2. The first-order chi connectivity index (χ1) is 9.47. The number of nitrogens with two attached hydrogens (primary N) is 1. The molecule has 0 fully saturated rings. The molecule has 0 saturated heterocycles. The Morgan fingerprint density at radius 3 is 2.70 bits per heavy atom. The molecule has 0 spiro atoms. The summed E-state index contributed by atoms with van der Waals surface area (Å²) >= 11 is 5.93. The van der Waals surface area contributed by atoms with Crippen LogP contribution >= 0.6 is 11.6 Å². The van der Waals surface area contributed by atoms with E-state index in [1.807, 2.05) is 18.2 Å². The van der Waals surface area contributed by atoms with E-state index < -0.39 is 0 Å². The van der Waals surface area contributed by atoms with Crippen LogP contribution in [-0.2, 0) is 6.61 Å². The molecule has 0 bridgehead atoms. The molecular weight excluding hydrogens is 277 g/mol. The van der Waals surface area contributed by atoms with E-state index in [9.17, 15) is 4.39 Å². The summed E-state index contributed by atoms with van der Waals surface area (Å²) in [6.07, 6.45) is 0. The average Bonchev–Trinajstić information content (AvgIpc) is 2.39. The van der Waals surface area contributed by atoms with Crippen molar-refractivity contribution in [1.82, 2.24) is 0 Å². The van der Waals surface area contributed by atoms with Gasteiger partial charge in [0.25, 0.3) is 0 Å². The van der Waals surface area contributed by atoms with Gasteiger partial charge in [-0.05, 0) is 49.2 Å². The molecule has 1 atom stereocenters. The fraction of sp³-hybridized carbons (Fsp3) is 0.250. The molecule has 2 rings (SSSR count). The standard InChI is InChI=1S/C16H17ClFNO/c1-10-6-16(14(11(2)19)8-15(10)18)20-9-12-4-3-5-13(17)7-12/h3-8,11H,9,19H2,1-2H3/t11-/m1/s1. The Hall–Kier alpha value is -1.58. The van der Waals surface area contributed by atoms with Crippen LogP contribution in [0.4, 0.5) is 4.39 Å². The molecule has 2 N–H and O–H groups in total. The third kappa shape index (κ3) is 3.50. The lowest BCUT2D eigenvalue weighted by Crippen LogP contribution is -2.09. The van der Waals surface area contributed by atoms with Gasteiger partial charge in [0.05, 0.1) is 0 Å². The second-order valence-electron chi connectivity index (χ2n) is 4.85. The van der Waals surface area contributed by atoms with E-state index in [4.69, 9.17) is 22.1 Å². The molecular formula is C16H17ClFNO. The van der Waals surface area contributed by atoms with E-state index >= 15 is 0 Å². The van der Waals surface area contributed by atoms with E-state index in [0.29, 0.717) is 28.5 Å². The Morgan fingerprint density at radius 1 is 1.30 bits per heavy atom. The Labute approximate surface area is 123 Å². The number of halogens is 2. The summed E-state index contributed by atoms with van der Waals surface area (Å²) in [4.78, 5) is 0. The fourth-order valence-electron chi connectivity index (χ4n) is 1.94. The van der Waals surface area contributed by atoms with Crippen molar-refractivity contribution in [2.24, 2.45) is 5.73 Å². The molecule has 0 heterocycles. The molecule has 2 aromatic carbocycles. The van der Waals surface area contributed by atoms with Crippen molar-refractivity contribution in [3.63, 3.8) is 0 Å². The van der Waals surface area contributed by atoms with Crippen molar-refractivity contribution in [1.29, 1.82) is 0 Å². The molecule has 20 heavy (non-hydrogen) atoms. The zero-order chi connectivity index (χ0) is 14.7. The van der Waals surface area contributed by atoms with Gasteiger partial charge in [0.2, 0.25) is 0 Å². The van der Waals surface area contributed by atoms with Gasteiger partial charge in [0.1, 0.15) is 18.2 Å². The quantitative estimate of drug-likeness (QED) is 0.907. The van der Waals surface area contributed by atoms with Gasteiger partial charge in [-0.1, -0.05) is 23.7 Å². The Bertz CT molecular complexity index is 613. The second kappa shape index (κ2) is 6.25. The van der Waals surface area contributed by atoms with Crippen LogP contribution in [0.2, 0.25) is 5.02 Å². The molecule has 0 saturated carbocycles. The van der Waals surface area contributed by atoms with E-state index in [2.05, 4.69) is 0 Å². The first-order valence-corrected chi connectivity index (χ1v) is 6.78. The summed E-state index contributed by atoms with van der Waals surface area (Å²) < 4.78 is 19.4. The lowest BCUT2D eigenvalue weighted by Gasteiger charge is -2.15. The molecule has 0 radical (unpaired) electrons. The highest BCUT2D eigenvalue weighted by Crippen LogP contribution is 2.28. The summed E-state index contributed by atoms with van der Waals surface area (Å²) in [7, 11) is 0. The summed E-state index contributed by atoms with van der Waals surface area (Å²) in [5.74, 6) is 0.339. The lowest BCUT2D eigenvalue weighted by molar-refractivity contribution is 0.300. The third-order valence-electron chi connectivity index (χ3n) is 3.06. The summed E-state index contributed by atoms with van der Waals surface area (Å²) in [5, 5.41) is 0.661. The monoisotopic (exact) mass is 293 g/mol. The highest BCUT2D eigenvalue weighted by molar-refractivity contribution is 6.30. The highest BCUT2D eigenvalue weighted by Gasteiger charge is 2.12. The molecule has 0 aliphatic rings. The number of hydrogen-bond acceptors (Lipinski definition) is 2. The van der Waals surface area contributed by atoms with Crippen LogP contribution in [0.25, 0.3) is 0 Å². The van der Waals surface area contributed by atoms with Crippen molar-refractivity contribution in [3.05, 3.63) is 63.9 Å². The van der Waals surface area contributed by atoms with Crippen molar-refractivity contribution in [2.75, 3.05) is 0 Å². The molecule has 0 amide bonds. The van der Waals surface area contributed by atoms with Crippen LogP contribution in [0, 0.1) is 12.7 Å². The van der Waals surface area contributed by atoms with Crippen LogP contribution < -0.4 is 10.5 Å². The highest BCUT2D eigenvalue weighted by atomic mass is 35.5. The Balaban J connectivity index is 2.22. The maximum atomic E-state index is 13.6. The molecule has 0 unspecified atom stereocenters. The summed E-state index contributed by atoms with van der Waals surface area (Å²) in [6, 6.07) is 10.3. The molecule has 0 aromatic heterocycles. The topological polar surface area (TPSA) is 35.2 Å². The second-order valence-corrected chi connectivity index (χ2v) is 5.28.